The zero-order valence-electron chi connectivity index (χ0n) is 17.9. The van der Waals surface area contributed by atoms with E-state index in [9.17, 15) is 22.8 Å². The fourth-order valence-corrected chi connectivity index (χ4v) is 4.47. The fourth-order valence-electron chi connectivity index (χ4n) is 3.83. The summed E-state index contributed by atoms with van der Waals surface area (Å²) in [6.45, 7) is 1.71. The minimum absolute atomic E-state index is 0.0478. The number of hydrogen-bond acceptors (Lipinski definition) is 2. The molecule has 3 aromatic carbocycles. The summed E-state index contributed by atoms with van der Waals surface area (Å²) in [6, 6.07) is 15.9. The number of hydrogen-bond donors (Lipinski definition) is 0. The van der Waals surface area contributed by atoms with Crippen LogP contribution in [0.2, 0.25) is 5.02 Å². The molecular weight excluding hydrogens is 531 g/mol. The van der Waals surface area contributed by atoms with E-state index in [1.165, 1.54) is 24.3 Å². The molecule has 1 aliphatic rings. The van der Waals surface area contributed by atoms with Gasteiger partial charge in [-0.3, -0.25) is 14.5 Å². The molecule has 0 saturated heterocycles. The zero-order chi connectivity index (χ0) is 24.6. The Bertz CT molecular complexity index is 1280. The molecule has 1 atom stereocenters. The lowest BCUT2D eigenvalue weighted by atomic mass is 9.95. The SMILES string of the molecule is Cc1cc(C(/C=C/c2ccc(CN3C(=O)c4ccccc4C3=O)c(Br)c2)C(F)(F)F)ccc1Cl. The molecule has 0 N–H and O–H groups in total. The molecule has 0 spiro atoms. The second-order valence-electron chi connectivity index (χ2n) is 7.98. The lowest BCUT2D eigenvalue weighted by molar-refractivity contribution is -0.139. The number of allylic oxidation sites excluding steroid dienone is 1. The van der Waals surface area contributed by atoms with Crippen molar-refractivity contribution in [1.82, 2.24) is 4.90 Å². The predicted octanol–water partition coefficient (Wildman–Crippen LogP) is 7.57. The number of benzene rings is 3. The molecule has 3 aromatic rings. The molecule has 0 saturated carbocycles. The highest BCUT2D eigenvalue weighted by molar-refractivity contribution is 9.10. The van der Waals surface area contributed by atoms with Gasteiger partial charge in [0.2, 0.25) is 0 Å². The smallest absolute Gasteiger partial charge is 0.270 e. The predicted molar refractivity (Wildman–Crippen MR) is 129 cm³/mol. The van der Waals surface area contributed by atoms with E-state index in [1.54, 1.807) is 49.4 Å². The Hall–Kier alpha value is -2.90. The van der Waals surface area contributed by atoms with E-state index < -0.39 is 12.1 Å². The van der Waals surface area contributed by atoms with Gasteiger partial charge < -0.3 is 0 Å². The van der Waals surface area contributed by atoms with Gasteiger partial charge in [0.1, 0.15) is 0 Å². The van der Waals surface area contributed by atoms with Crippen molar-refractivity contribution in [3.8, 4) is 0 Å². The molecule has 0 fully saturated rings. The average Bonchev–Trinajstić information content (AvgIpc) is 3.02. The summed E-state index contributed by atoms with van der Waals surface area (Å²) in [5, 5.41) is 0.409. The Labute approximate surface area is 208 Å². The van der Waals surface area contributed by atoms with Gasteiger partial charge in [0, 0.05) is 9.50 Å². The van der Waals surface area contributed by atoms with E-state index in [0.717, 1.165) is 11.0 Å². The lowest BCUT2D eigenvalue weighted by Gasteiger charge is -2.18. The second kappa shape index (κ2) is 9.39. The van der Waals surface area contributed by atoms with E-state index in [-0.39, 0.29) is 23.9 Å². The number of amides is 2. The molecule has 1 heterocycles. The monoisotopic (exact) mass is 547 g/mol. The molecule has 0 aromatic heterocycles. The maximum Gasteiger partial charge on any atom is 0.399 e. The van der Waals surface area contributed by atoms with E-state index in [1.807, 2.05) is 0 Å². The lowest BCUT2D eigenvalue weighted by Crippen LogP contribution is -2.29. The molecule has 0 bridgehead atoms. The summed E-state index contributed by atoms with van der Waals surface area (Å²) in [5.74, 6) is -2.54. The van der Waals surface area contributed by atoms with Crippen molar-refractivity contribution in [3.63, 3.8) is 0 Å². The Morgan fingerprint density at radius 3 is 2.21 bits per heavy atom. The van der Waals surface area contributed by atoms with Crippen LogP contribution in [0.1, 0.15) is 48.9 Å². The quantitative estimate of drug-likeness (QED) is 0.309. The van der Waals surface area contributed by atoms with E-state index >= 15 is 0 Å². The molecule has 34 heavy (non-hydrogen) atoms. The number of rotatable bonds is 5. The van der Waals surface area contributed by atoms with Crippen LogP contribution in [0.15, 0.2) is 71.2 Å². The number of alkyl halides is 3. The molecule has 2 amide bonds. The highest BCUT2D eigenvalue weighted by atomic mass is 79.9. The van der Waals surface area contributed by atoms with Gasteiger partial charge in [-0.1, -0.05) is 76.1 Å². The number of fused-ring (bicyclic) bond motifs is 1. The number of imide groups is 1. The van der Waals surface area contributed by atoms with Crippen molar-refractivity contribution in [2.45, 2.75) is 25.6 Å². The van der Waals surface area contributed by atoms with Crippen LogP contribution in [0.3, 0.4) is 0 Å². The largest absolute Gasteiger partial charge is 0.399 e. The normalized spacial score (nSPS) is 14.7. The van der Waals surface area contributed by atoms with E-state index in [2.05, 4.69) is 15.9 Å². The van der Waals surface area contributed by atoms with Gasteiger partial charge in [-0.05, 0) is 53.4 Å². The third kappa shape index (κ3) is 4.81. The van der Waals surface area contributed by atoms with Gasteiger partial charge >= 0.3 is 6.18 Å². The Morgan fingerprint density at radius 2 is 1.65 bits per heavy atom. The zero-order valence-corrected chi connectivity index (χ0v) is 20.2. The highest BCUT2D eigenvalue weighted by Gasteiger charge is 2.39. The first-order valence-electron chi connectivity index (χ1n) is 10.3. The average molecular weight is 549 g/mol. The minimum atomic E-state index is -4.47. The molecule has 8 heteroatoms. The summed E-state index contributed by atoms with van der Waals surface area (Å²) in [6.07, 6.45) is -1.97. The molecule has 1 unspecified atom stereocenters. The minimum Gasteiger partial charge on any atom is -0.270 e. The van der Waals surface area contributed by atoms with E-state index in [4.69, 9.17) is 11.6 Å². The Kier molecular flexibility index (Phi) is 6.69. The summed E-state index contributed by atoms with van der Waals surface area (Å²) in [5.41, 5.74) is 2.59. The Morgan fingerprint density at radius 1 is 1.00 bits per heavy atom. The third-order valence-corrected chi connectivity index (χ3v) is 6.82. The van der Waals surface area contributed by atoms with Gasteiger partial charge in [-0.2, -0.15) is 13.2 Å². The van der Waals surface area contributed by atoms with Crippen LogP contribution in [-0.2, 0) is 6.54 Å². The standard InChI is InChI=1S/C26H18BrClF3NO2/c1-15-12-17(9-11-23(15)28)21(26(29,30)31)10-7-16-6-8-18(22(27)13-16)14-32-24(33)19-4-2-3-5-20(19)25(32)34/h2-13,21H,14H2,1H3/b10-7+. The molecule has 4 rings (SSSR count). The first kappa shape index (κ1) is 24.2. The van der Waals surface area contributed by atoms with Crippen LogP contribution in [0.4, 0.5) is 13.2 Å². The fraction of sp³-hybridized carbons (Fsp3) is 0.154. The number of aryl methyl sites for hydroxylation is 1. The molecule has 3 nitrogen and oxygen atoms in total. The van der Waals surface area contributed by atoms with Crippen LogP contribution in [0, 0.1) is 6.92 Å². The highest BCUT2D eigenvalue weighted by Crippen LogP contribution is 2.38. The van der Waals surface area contributed by atoms with Gasteiger partial charge in [-0.15, -0.1) is 0 Å². The molecule has 1 aliphatic heterocycles. The third-order valence-electron chi connectivity index (χ3n) is 5.66. The van der Waals surface area contributed by atoms with Crippen LogP contribution in [0.25, 0.3) is 6.08 Å². The molecular formula is C26H18BrClF3NO2. The van der Waals surface area contributed by atoms with Crippen molar-refractivity contribution in [3.05, 3.63) is 110 Å². The number of nitrogens with zero attached hydrogens (tertiary/aromatic N) is 1. The number of carbonyl (C=O) groups is 2. The van der Waals surface area contributed by atoms with Crippen LogP contribution < -0.4 is 0 Å². The first-order chi connectivity index (χ1) is 16.1. The summed E-state index contributed by atoms with van der Waals surface area (Å²) in [4.78, 5) is 26.4. The van der Waals surface area contributed by atoms with Crippen LogP contribution >= 0.6 is 27.5 Å². The van der Waals surface area contributed by atoms with Crippen molar-refractivity contribution in [2.24, 2.45) is 0 Å². The topological polar surface area (TPSA) is 37.4 Å². The van der Waals surface area contributed by atoms with Gasteiger partial charge in [-0.25, -0.2) is 0 Å². The van der Waals surface area contributed by atoms with Gasteiger partial charge in [0.25, 0.3) is 11.8 Å². The number of carbonyl (C=O) groups excluding carboxylic acids is 2. The summed E-state index contributed by atoms with van der Waals surface area (Å²) >= 11 is 9.38. The number of halogens is 5. The second-order valence-corrected chi connectivity index (χ2v) is 9.24. The molecule has 174 valence electrons. The van der Waals surface area contributed by atoms with Gasteiger partial charge in [0.15, 0.2) is 0 Å². The summed E-state index contributed by atoms with van der Waals surface area (Å²) < 4.78 is 41.8. The van der Waals surface area contributed by atoms with Crippen molar-refractivity contribution in [2.75, 3.05) is 0 Å². The molecule has 0 aliphatic carbocycles. The van der Waals surface area contributed by atoms with Crippen LogP contribution in [0.5, 0.6) is 0 Å². The molecule has 0 radical (unpaired) electrons. The first-order valence-corrected chi connectivity index (χ1v) is 11.5. The maximum absolute atomic E-state index is 13.7. The summed E-state index contributed by atoms with van der Waals surface area (Å²) in [7, 11) is 0. The van der Waals surface area contributed by atoms with Gasteiger partial charge in [0.05, 0.1) is 23.6 Å². The Balaban J connectivity index is 1.55. The van der Waals surface area contributed by atoms with Crippen molar-refractivity contribution in [1.29, 1.82) is 0 Å². The van der Waals surface area contributed by atoms with Crippen LogP contribution in [-0.4, -0.2) is 22.9 Å². The van der Waals surface area contributed by atoms with Crippen molar-refractivity contribution < 1.29 is 22.8 Å². The van der Waals surface area contributed by atoms with E-state index in [0.29, 0.717) is 37.3 Å². The van der Waals surface area contributed by atoms with Crippen molar-refractivity contribution >= 4 is 45.4 Å². The maximum atomic E-state index is 13.7.